The Morgan fingerprint density at radius 1 is 1.40 bits per heavy atom. The number of carbonyl (C=O) groups excluding carboxylic acids is 1. The highest BCUT2D eigenvalue weighted by Crippen LogP contribution is 2.34. The fraction of sp³-hybridized carbons (Fsp3) is 0.375. The molecule has 0 N–H and O–H groups in total. The maximum atomic E-state index is 10.8. The Bertz CT molecular complexity index is 617. The lowest BCUT2D eigenvalue weighted by molar-refractivity contribution is 0.112. The van der Waals surface area contributed by atoms with Gasteiger partial charge in [-0.25, -0.2) is 4.98 Å². The largest absolute Gasteiger partial charge is 0.494 e. The number of hydrogen-bond donors (Lipinski definition) is 0. The predicted molar refractivity (Wildman–Crippen MR) is 82.9 cm³/mol. The van der Waals surface area contributed by atoms with E-state index in [0.29, 0.717) is 17.5 Å². The molecule has 0 amide bonds. The summed E-state index contributed by atoms with van der Waals surface area (Å²) in [7, 11) is 0. The first-order valence-corrected chi connectivity index (χ1v) is 7.63. The molecule has 0 unspecified atom stereocenters. The smallest absolute Gasteiger partial charge is 0.178 e. The topological polar surface area (TPSA) is 39.2 Å². The third kappa shape index (κ3) is 2.90. The van der Waals surface area contributed by atoms with Crippen LogP contribution in [0.1, 0.15) is 47.6 Å². The van der Waals surface area contributed by atoms with Gasteiger partial charge in [0, 0.05) is 10.9 Å². The fourth-order valence-corrected chi connectivity index (χ4v) is 2.79. The first kappa shape index (κ1) is 14.7. The van der Waals surface area contributed by atoms with Gasteiger partial charge in [0.25, 0.3) is 0 Å². The summed E-state index contributed by atoms with van der Waals surface area (Å²) in [6, 6.07) is 4.20. The first-order valence-electron chi connectivity index (χ1n) is 6.75. The Hall–Kier alpha value is -1.68. The highest BCUT2D eigenvalue weighted by molar-refractivity contribution is 7.11. The van der Waals surface area contributed by atoms with E-state index in [9.17, 15) is 4.79 Å². The highest BCUT2D eigenvalue weighted by atomic mass is 32.1. The predicted octanol–water partition coefficient (Wildman–Crippen LogP) is 4.45. The molecule has 4 heteroatoms. The van der Waals surface area contributed by atoms with E-state index in [2.05, 4.69) is 31.0 Å². The number of nitrogens with zero attached hydrogens (tertiary/aromatic N) is 1. The SMILES string of the molecule is CCOc1cc(C)c(-c2csc(C=O)n2)cc1C(C)C. The summed E-state index contributed by atoms with van der Waals surface area (Å²) in [5.74, 6) is 1.31. The number of benzene rings is 1. The molecule has 0 radical (unpaired) electrons. The van der Waals surface area contributed by atoms with Crippen LogP contribution < -0.4 is 4.74 Å². The van der Waals surface area contributed by atoms with Crippen LogP contribution in [0.3, 0.4) is 0 Å². The van der Waals surface area contributed by atoms with Gasteiger partial charge in [-0.2, -0.15) is 0 Å². The van der Waals surface area contributed by atoms with Crippen molar-refractivity contribution in [1.29, 1.82) is 0 Å². The molecule has 1 aromatic heterocycles. The zero-order valence-corrected chi connectivity index (χ0v) is 13.1. The summed E-state index contributed by atoms with van der Waals surface area (Å²) in [6.45, 7) is 8.99. The molecule has 1 heterocycles. The number of rotatable bonds is 5. The van der Waals surface area contributed by atoms with Crippen LogP contribution in [0, 0.1) is 6.92 Å². The van der Waals surface area contributed by atoms with Crippen LogP contribution in [0.5, 0.6) is 5.75 Å². The number of hydrogen-bond acceptors (Lipinski definition) is 4. The molecule has 0 fully saturated rings. The molecule has 0 atom stereocenters. The van der Waals surface area contributed by atoms with Gasteiger partial charge in [-0.05, 0) is 43.0 Å². The van der Waals surface area contributed by atoms with Gasteiger partial charge >= 0.3 is 0 Å². The molecule has 2 rings (SSSR count). The molecule has 0 aliphatic heterocycles. The van der Waals surface area contributed by atoms with E-state index >= 15 is 0 Å². The van der Waals surface area contributed by atoms with Crippen LogP contribution in [-0.4, -0.2) is 17.9 Å². The maximum Gasteiger partial charge on any atom is 0.178 e. The Kier molecular flexibility index (Phi) is 4.55. The Morgan fingerprint density at radius 3 is 2.70 bits per heavy atom. The van der Waals surface area contributed by atoms with Crippen molar-refractivity contribution in [3.63, 3.8) is 0 Å². The van der Waals surface area contributed by atoms with Gasteiger partial charge in [0.05, 0.1) is 12.3 Å². The quantitative estimate of drug-likeness (QED) is 0.763. The van der Waals surface area contributed by atoms with Gasteiger partial charge < -0.3 is 4.74 Å². The van der Waals surface area contributed by atoms with E-state index in [0.717, 1.165) is 28.9 Å². The molecule has 3 nitrogen and oxygen atoms in total. The maximum absolute atomic E-state index is 10.8. The number of ether oxygens (including phenoxy) is 1. The summed E-state index contributed by atoms with van der Waals surface area (Å²) < 4.78 is 5.72. The molecular weight excluding hydrogens is 270 g/mol. The number of aryl methyl sites for hydroxylation is 1. The summed E-state index contributed by atoms with van der Waals surface area (Å²) in [4.78, 5) is 15.1. The van der Waals surface area contributed by atoms with Crippen molar-refractivity contribution in [2.45, 2.75) is 33.6 Å². The highest BCUT2D eigenvalue weighted by Gasteiger charge is 2.14. The monoisotopic (exact) mass is 289 g/mol. The lowest BCUT2D eigenvalue weighted by Gasteiger charge is -2.16. The van der Waals surface area contributed by atoms with Crippen molar-refractivity contribution in [3.8, 4) is 17.0 Å². The number of carbonyl (C=O) groups is 1. The summed E-state index contributed by atoms with van der Waals surface area (Å²) in [6.07, 6.45) is 0.793. The van der Waals surface area contributed by atoms with Gasteiger partial charge in [-0.1, -0.05) is 13.8 Å². The van der Waals surface area contributed by atoms with Crippen molar-refractivity contribution in [2.75, 3.05) is 6.61 Å². The van der Waals surface area contributed by atoms with Gasteiger partial charge in [0.1, 0.15) is 5.75 Å². The number of aldehydes is 1. The van der Waals surface area contributed by atoms with Crippen molar-refractivity contribution in [3.05, 3.63) is 33.6 Å². The second kappa shape index (κ2) is 6.18. The van der Waals surface area contributed by atoms with E-state index in [4.69, 9.17) is 4.74 Å². The molecule has 106 valence electrons. The van der Waals surface area contributed by atoms with Crippen LogP contribution >= 0.6 is 11.3 Å². The van der Waals surface area contributed by atoms with E-state index in [1.54, 1.807) is 0 Å². The van der Waals surface area contributed by atoms with Crippen LogP contribution in [0.2, 0.25) is 0 Å². The molecule has 0 saturated carbocycles. The molecule has 0 bridgehead atoms. The molecule has 0 aliphatic carbocycles. The van der Waals surface area contributed by atoms with Gasteiger partial charge in [0.15, 0.2) is 11.3 Å². The zero-order valence-electron chi connectivity index (χ0n) is 12.3. The average Bonchev–Trinajstić information content (AvgIpc) is 2.87. The molecule has 0 saturated heterocycles. The summed E-state index contributed by atoms with van der Waals surface area (Å²) in [5.41, 5.74) is 4.22. The molecule has 2 aromatic rings. The number of aromatic nitrogens is 1. The average molecular weight is 289 g/mol. The Labute approximate surface area is 123 Å². The van der Waals surface area contributed by atoms with Crippen molar-refractivity contribution in [2.24, 2.45) is 0 Å². The van der Waals surface area contributed by atoms with Gasteiger partial charge in [0.2, 0.25) is 0 Å². The van der Waals surface area contributed by atoms with Gasteiger partial charge in [-0.15, -0.1) is 11.3 Å². The zero-order chi connectivity index (χ0) is 14.7. The van der Waals surface area contributed by atoms with E-state index in [-0.39, 0.29) is 0 Å². The van der Waals surface area contributed by atoms with E-state index in [1.165, 1.54) is 16.9 Å². The minimum Gasteiger partial charge on any atom is -0.494 e. The van der Waals surface area contributed by atoms with Crippen LogP contribution in [0.25, 0.3) is 11.3 Å². The summed E-state index contributed by atoms with van der Waals surface area (Å²) >= 11 is 1.37. The first-order chi connectivity index (χ1) is 9.56. The van der Waals surface area contributed by atoms with Gasteiger partial charge in [-0.3, -0.25) is 4.79 Å². The lowest BCUT2D eigenvalue weighted by atomic mass is 9.95. The Balaban J connectivity index is 2.53. The molecule has 20 heavy (non-hydrogen) atoms. The summed E-state index contributed by atoms with van der Waals surface area (Å²) in [5, 5.41) is 2.44. The second-order valence-electron chi connectivity index (χ2n) is 4.98. The molecule has 0 aliphatic rings. The minimum absolute atomic E-state index is 0.375. The lowest BCUT2D eigenvalue weighted by Crippen LogP contribution is -2.00. The molecule has 0 spiro atoms. The molecular formula is C16H19NO2S. The Morgan fingerprint density at radius 2 is 2.15 bits per heavy atom. The van der Waals surface area contributed by atoms with Crippen LogP contribution in [-0.2, 0) is 0 Å². The normalized spacial score (nSPS) is 10.8. The van der Waals surface area contributed by atoms with E-state index in [1.807, 2.05) is 19.2 Å². The van der Waals surface area contributed by atoms with Crippen LogP contribution in [0.15, 0.2) is 17.5 Å². The van der Waals surface area contributed by atoms with Crippen LogP contribution in [0.4, 0.5) is 0 Å². The minimum atomic E-state index is 0.375. The fourth-order valence-electron chi connectivity index (χ4n) is 2.17. The molecule has 1 aromatic carbocycles. The van der Waals surface area contributed by atoms with E-state index < -0.39 is 0 Å². The number of thiazole rings is 1. The third-order valence-electron chi connectivity index (χ3n) is 3.18. The van der Waals surface area contributed by atoms with Crippen molar-refractivity contribution < 1.29 is 9.53 Å². The van der Waals surface area contributed by atoms with Crippen molar-refractivity contribution >= 4 is 17.6 Å². The second-order valence-corrected chi connectivity index (χ2v) is 5.87. The van der Waals surface area contributed by atoms with Crippen molar-refractivity contribution in [1.82, 2.24) is 4.98 Å². The third-order valence-corrected chi connectivity index (χ3v) is 3.95. The standard InChI is InChI=1S/C16H19NO2S/c1-5-19-15-6-11(4)13(7-12(15)10(2)3)14-9-20-16(8-18)17-14/h6-10H,5H2,1-4H3.